The van der Waals surface area contributed by atoms with Gasteiger partial charge in [-0.05, 0) is 36.2 Å². The van der Waals surface area contributed by atoms with Crippen LogP contribution in [0, 0.1) is 5.92 Å². The number of hydrogen-bond donors (Lipinski definition) is 2. The third-order valence-electron chi connectivity index (χ3n) is 4.45. The average molecular weight is 475 g/mol. The minimum atomic E-state index is -4.11. The highest BCUT2D eigenvalue weighted by Gasteiger charge is 2.28. The molecule has 162 valence electrons. The number of carboxylic acids is 1. The lowest BCUT2D eigenvalue weighted by molar-refractivity contribution is -0.140. The molecule has 0 aliphatic heterocycles. The maximum Gasteiger partial charge on any atom is 0.322 e. The van der Waals surface area contributed by atoms with E-state index in [-0.39, 0.29) is 10.6 Å². The topological polar surface area (TPSA) is 134 Å². The molecule has 0 amide bonds. The second kappa shape index (κ2) is 7.73. The van der Waals surface area contributed by atoms with Crippen LogP contribution in [-0.2, 0) is 24.8 Å². The molecule has 3 aromatic rings. The molecule has 9 nitrogen and oxygen atoms in total. The van der Waals surface area contributed by atoms with E-state index in [2.05, 4.69) is 4.72 Å². The number of nitrogens with one attached hydrogen (secondary N) is 1. The van der Waals surface area contributed by atoms with E-state index < -0.39 is 38.0 Å². The zero-order valence-corrected chi connectivity index (χ0v) is 18.5. The van der Waals surface area contributed by atoms with Gasteiger partial charge in [0.25, 0.3) is 0 Å². The summed E-state index contributed by atoms with van der Waals surface area (Å²) in [5.74, 6) is -1.73. The van der Waals surface area contributed by atoms with Crippen molar-refractivity contribution in [3.8, 4) is 0 Å². The SMILES string of the molecule is CC(C)[C@@H](NS(=O)(=O)c1ccc2oc3cc(N(Cl)S(C)(=O)=O)ccc3c2c1)C(=O)O. The summed E-state index contributed by atoms with van der Waals surface area (Å²) in [5, 5.41) is 10.3. The fraction of sp³-hybridized carbons (Fsp3) is 0.278. The summed E-state index contributed by atoms with van der Waals surface area (Å²) in [6.07, 6.45) is 0.953. The minimum absolute atomic E-state index is 0.121. The molecule has 0 aliphatic carbocycles. The smallest absolute Gasteiger partial charge is 0.322 e. The van der Waals surface area contributed by atoms with Crippen LogP contribution in [0.4, 0.5) is 5.69 Å². The molecule has 12 heteroatoms. The summed E-state index contributed by atoms with van der Waals surface area (Å²) in [4.78, 5) is 11.2. The van der Waals surface area contributed by atoms with Gasteiger partial charge in [-0.1, -0.05) is 13.8 Å². The zero-order valence-electron chi connectivity index (χ0n) is 16.2. The molecule has 0 saturated carbocycles. The summed E-state index contributed by atoms with van der Waals surface area (Å²) in [7, 11) is -7.79. The van der Waals surface area contributed by atoms with E-state index in [0.717, 1.165) is 6.26 Å². The summed E-state index contributed by atoms with van der Waals surface area (Å²) >= 11 is 5.83. The number of fused-ring (bicyclic) bond motifs is 3. The highest BCUT2D eigenvalue weighted by atomic mass is 35.5. The third-order valence-corrected chi connectivity index (χ3v) is 7.62. The van der Waals surface area contributed by atoms with Crippen LogP contribution in [0.1, 0.15) is 13.8 Å². The Labute approximate surface area is 178 Å². The van der Waals surface area contributed by atoms with Crippen LogP contribution in [0.3, 0.4) is 0 Å². The molecule has 0 fully saturated rings. The quantitative estimate of drug-likeness (QED) is 0.502. The number of carboxylic acid groups (broad SMARTS) is 1. The summed E-state index contributed by atoms with van der Waals surface area (Å²) < 4.78 is 57.2. The van der Waals surface area contributed by atoms with Crippen molar-refractivity contribution in [3.63, 3.8) is 0 Å². The number of anilines is 1. The van der Waals surface area contributed by atoms with Crippen molar-refractivity contribution in [1.29, 1.82) is 0 Å². The van der Waals surface area contributed by atoms with E-state index in [1.165, 1.54) is 30.3 Å². The fourth-order valence-electron chi connectivity index (χ4n) is 2.92. The van der Waals surface area contributed by atoms with Gasteiger partial charge in [0, 0.05) is 28.6 Å². The summed E-state index contributed by atoms with van der Waals surface area (Å²) in [6, 6.07) is 7.30. The molecule has 0 aliphatic rings. The molecular formula is C18H19ClN2O7S2. The van der Waals surface area contributed by atoms with Crippen LogP contribution in [0.15, 0.2) is 45.7 Å². The van der Waals surface area contributed by atoms with E-state index in [9.17, 15) is 26.7 Å². The lowest BCUT2D eigenvalue weighted by atomic mass is 10.1. The highest BCUT2D eigenvalue weighted by Crippen LogP contribution is 2.34. The van der Waals surface area contributed by atoms with E-state index in [1.54, 1.807) is 19.9 Å². The molecule has 0 spiro atoms. The van der Waals surface area contributed by atoms with Gasteiger partial charge in [-0.3, -0.25) is 4.79 Å². The lowest BCUT2D eigenvalue weighted by Gasteiger charge is -2.17. The Morgan fingerprint density at radius 3 is 2.30 bits per heavy atom. The first kappa shape index (κ1) is 22.3. The van der Waals surface area contributed by atoms with Crippen molar-refractivity contribution >= 4 is 65.4 Å². The van der Waals surface area contributed by atoms with Gasteiger partial charge in [0.2, 0.25) is 20.0 Å². The van der Waals surface area contributed by atoms with Crippen molar-refractivity contribution in [2.75, 3.05) is 10.1 Å². The third kappa shape index (κ3) is 4.24. The van der Waals surface area contributed by atoms with E-state index in [0.29, 0.717) is 25.8 Å². The maximum atomic E-state index is 12.7. The van der Waals surface area contributed by atoms with Gasteiger partial charge in [0.05, 0.1) is 16.8 Å². The number of furan rings is 1. The largest absolute Gasteiger partial charge is 0.480 e. The Balaban J connectivity index is 2.07. The lowest BCUT2D eigenvalue weighted by Crippen LogP contribution is -2.44. The first-order chi connectivity index (χ1) is 13.8. The Kier molecular flexibility index (Phi) is 5.76. The predicted octanol–water partition coefficient (Wildman–Crippen LogP) is 2.89. The average Bonchev–Trinajstić information content (AvgIpc) is 3.01. The van der Waals surface area contributed by atoms with Crippen molar-refractivity contribution < 1.29 is 31.2 Å². The number of halogens is 1. The Bertz CT molecular complexity index is 1350. The van der Waals surface area contributed by atoms with E-state index >= 15 is 0 Å². The van der Waals surface area contributed by atoms with Crippen molar-refractivity contribution in [3.05, 3.63) is 36.4 Å². The van der Waals surface area contributed by atoms with Gasteiger partial charge in [-0.2, -0.15) is 8.55 Å². The molecule has 0 radical (unpaired) electrons. The molecule has 0 saturated heterocycles. The van der Waals surface area contributed by atoms with Crippen molar-refractivity contribution in [2.45, 2.75) is 24.8 Å². The first-order valence-corrected chi connectivity index (χ1v) is 12.4. The van der Waals surface area contributed by atoms with Crippen LogP contribution in [-0.4, -0.2) is 40.2 Å². The summed E-state index contributed by atoms with van der Waals surface area (Å²) in [5.41, 5.74) is 0.853. The number of benzene rings is 2. The van der Waals surface area contributed by atoms with E-state index in [1.807, 2.05) is 0 Å². The standard InChI is InChI=1S/C18H19ClN2O7S2/c1-10(2)17(18(22)23)20-30(26,27)12-5-7-15-14(9-12)13-6-4-11(8-16(13)28-15)21(19)29(3,24)25/h4-10,17,20H,1-3H3,(H,22,23)/t17-/m1/s1. The number of nitrogens with zero attached hydrogens (tertiary/aromatic N) is 1. The van der Waals surface area contributed by atoms with Gasteiger partial charge in [0.1, 0.15) is 17.2 Å². The molecule has 1 atom stereocenters. The maximum absolute atomic E-state index is 12.7. The van der Waals surface area contributed by atoms with Gasteiger partial charge in [-0.15, -0.1) is 0 Å². The molecule has 2 N–H and O–H groups in total. The van der Waals surface area contributed by atoms with Crippen molar-refractivity contribution in [1.82, 2.24) is 4.72 Å². The molecule has 1 aromatic heterocycles. The molecule has 3 rings (SSSR count). The van der Waals surface area contributed by atoms with Gasteiger partial charge >= 0.3 is 5.97 Å². The summed E-state index contributed by atoms with van der Waals surface area (Å²) in [6.45, 7) is 3.20. The Morgan fingerprint density at radius 2 is 1.73 bits per heavy atom. The highest BCUT2D eigenvalue weighted by molar-refractivity contribution is 7.93. The number of sulfonamides is 2. The Morgan fingerprint density at radius 1 is 1.07 bits per heavy atom. The Hall–Kier alpha value is -2.34. The van der Waals surface area contributed by atoms with Crippen LogP contribution >= 0.6 is 11.8 Å². The van der Waals surface area contributed by atoms with Gasteiger partial charge in [-0.25, -0.2) is 16.8 Å². The monoisotopic (exact) mass is 474 g/mol. The van der Waals surface area contributed by atoms with Crippen LogP contribution < -0.4 is 8.55 Å². The molecule has 0 unspecified atom stereocenters. The number of aliphatic carboxylic acids is 1. The fourth-order valence-corrected chi connectivity index (χ4v) is 4.89. The van der Waals surface area contributed by atoms with Gasteiger partial charge < -0.3 is 9.52 Å². The minimum Gasteiger partial charge on any atom is -0.480 e. The second-order valence-corrected chi connectivity index (χ2v) is 11.2. The molecule has 2 aromatic carbocycles. The predicted molar refractivity (Wildman–Crippen MR) is 113 cm³/mol. The normalized spacial score (nSPS) is 13.8. The van der Waals surface area contributed by atoms with Crippen LogP contribution in [0.25, 0.3) is 21.9 Å². The number of rotatable bonds is 7. The zero-order chi connectivity index (χ0) is 22.4. The number of carbonyl (C=O) groups is 1. The molecular weight excluding hydrogens is 456 g/mol. The first-order valence-electron chi connectivity index (χ1n) is 8.69. The van der Waals surface area contributed by atoms with Crippen molar-refractivity contribution in [2.24, 2.45) is 5.92 Å². The van der Waals surface area contributed by atoms with E-state index in [4.69, 9.17) is 16.2 Å². The molecule has 0 bridgehead atoms. The second-order valence-electron chi connectivity index (χ2n) is 7.10. The van der Waals surface area contributed by atoms with Crippen LogP contribution in [0.5, 0.6) is 0 Å². The van der Waals surface area contributed by atoms with Crippen LogP contribution in [0.2, 0.25) is 0 Å². The van der Waals surface area contributed by atoms with Gasteiger partial charge in [0.15, 0.2) is 0 Å². The molecule has 1 heterocycles. The molecule has 30 heavy (non-hydrogen) atoms. The number of hydrogen-bond acceptors (Lipinski definition) is 6.